The molecule has 0 bridgehead atoms. The van der Waals surface area contributed by atoms with Gasteiger partial charge in [0.15, 0.2) is 0 Å². The van der Waals surface area contributed by atoms with E-state index < -0.39 is 0 Å². The number of aromatic nitrogens is 2. The molecule has 0 unspecified atom stereocenters. The zero-order chi connectivity index (χ0) is 13.3. The van der Waals surface area contributed by atoms with Crippen LogP contribution in [0, 0.1) is 0 Å². The van der Waals surface area contributed by atoms with Crippen LogP contribution in [0.3, 0.4) is 0 Å². The standard InChI is InChI=1S/C13H21BrN4/c1-5-11-15-10(14)8-12(16-11)18-7-6-17(4)13(2,3)9-18/h8H,5-7,9H2,1-4H3. The van der Waals surface area contributed by atoms with Crippen LogP contribution in [-0.2, 0) is 6.42 Å². The Balaban J connectivity index is 2.24. The molecule has 4 nitrogen and oxygen atoms in total. The van der Waals surface area contributed by atoms with Gasteiger partial charge in [0.05, 0.1) is 0 Å². The first kappa shape index (κ1) is 13.7. The maximum Gasteiger partial charge on any atom is 0.133 e. The summed E-state index contributed by atoms with van der Waals surface area (Å²) in [6.07, 6.45) is 0.865. The first-order valence-corrected chi connectivity index (χ1v) is 7.21. The fourth-order valence-electron chi connectivity index (χ4n) is 2.21. The minimum atomic E-state index is 0.183. The van der Waals surface area contributed by atoms with Gasteiger partial charge in [-0.15, -0.1) is 0 Å². The molecule has 0 saturated carbocycles. The molecule has 1 aliphatic rings. The first-order chi connectivity index (χ1) is 8.42. The number of nitrogens with zero attached hydrogens (tertiary/aromatic N) is 4. The Hall–Kier alpha value is -0.680. The van der Waals surface area contributed by atoms with Gasteiger partial charge in [-0.1, -0.05) is 6.92 Å². The van der Waals surface area contributed by atoms with E-state index in [-0.39, 0.29) is 5.54 Å². The first-order valence-electron chi connectivity index (χ1n) is 6.42. The Morgan fingerprint density at radius 1 is 1.33 bits per heavy atom. The highest BCUT2D eigenvalue weighted by molar-refractivity contribution is 9.10. The molecule has 0 aliphatic carbocycles. The third-order valence-corrected chi connectivity index (χ3v) is 4.09. The summed E-state index contributed by atoms with van der Waals surface area (Å²) in [6, 6.07) is 2.01. The van der Waals surface area contributed by atoms with E-state index in [1.165, 1.54) is 0 Å². The monoisotopic (exact) mass is 312 g/mol. The zero-order valence-electron chi connectivity index (χ0n) is 11.6. The van der Waals surface area contributed by atoms with E-state index in [4.69, 9.17) is 0 Å². The van der Waals surface area contributed by atoms with Crippen LogP contribution < -0.4 is 4.90 Å². The molecule has 0 N–H and O–H groups in total. The van der Waals surface area contributed by atoms with E-state index in [9.17, 15) is 0 Å². The summed E-state index contributed by atoms with van der Waals surface area (Å²) in [5.74, 6) is 1.94. The van der Waals surface area contributed by atoms with E-state index in [0.29, 0.717) is 0 Å². The predicted molar refractivity (Wildman–Crippen MR) is 78.0 cm³/mol. The van der Waals surface area contributed by atoms with Crippen molar-refractivity contribution in [2.24, 2.45) is 0 Å². The summed E-state index contributed by atoms with van der Waals surface area (Å²) in [4.78, 5) is 13.8. The second kappa shape index (κ2) is 5.13. The maximum atomic E-state index is 4.63. The van der Waals surface area contributed by atoms with Crippen LogP contribution in [0.25, 0.3) is 0 Å². The SMILES string of the molecule is CCc1nc(Br)cc(N2CCN(C)C(C)(C)C2)n1. The molecule has 0 aromatic carbocycles. The van der Waals surface area contributed by atoms with Crippen molar-refractivity contribution < 1.29 is 0 Å². The van der Waals surface area contributed by atoms with Crippen LogP contribution in [0.5, 0.6) is 0 Å². The average molecular weight is 313 g/mol. The normalized spacial score (nSPS) is 20.2. The minimum Gasteiger partial charge on any atom is -0.353 e. The number of likely N-dealkylation sites (N-methyl/N-ethyl adjacent to an activating group) is 1. The fourth-order valence-corrected chi connectivity index (χ4v) is 2.62. The second-order valence-corrected chi connectivity index (χ2v) is 6.29. The molecule has 1 aromatic rings. The van der Waals surface area contributed by atoms with Gasteiger partial charge < -0.3 is 4.90 Å². The smallest absolute Gasteiger partial charge is 0.133 e. The van der Waals surface area contributed by atoms with Crippen LogP contribution in [0.2, 0.25) is 0 Å². The van der Waals surface area contributed by atoms with Crippen molar-refractivity contribution in [1.82, 2.24) is 14.9 Å². The fraction of sp³-hybridized carbons (Fsp3) is 0.692. The summed E-state index contributed by atoms with van der Waals surface area (Å²) in [6.45, 7) is 9.71. The molecule has 5 heteroatoms. The van der Waals surface area contributed by atoms with Crippen LogP contribution in [0.4, 0.5) is 5.82 Å². The van der Waals surface area contributed by atoms with E-state index in [1.54, 1.807) is 0 Å². The van der Waals surface area contributed by atoms with Crippen LogP contribution in [-0.4, -0.2) is 47.1 Å². The molecule has 100 valence electrons. The molecular formula is C13H21BrN4. The van der Waals surface area contributed by atoms with Crippen molar-refractivity contribution in [2.75, 3.05) is 31.6 Å². The molecule has 0 radical (unpaired) electrons. The molecule has 2 rings (SSSR count). The van der Waals surface area contributed by atoms with Gasteiger partial charge in [-0.2, -0.15) is 0 Å². The largest absolute Gasteiger partial charge is 0.353 e. The summed E-state index contributed by atoms with van der Waals surface area (Å²) < 4.78 is 0.876. The highest BCUT2D eigenvalue weighted by Gasteiger charge is 2.31. The summed E-state index contributed by atoms with van der Waals surface area (Å²) in [5, 5.41) is 0. The van der Waals surface area contributed by atoms with E-state index in [1.807, 2.05) is 6.07 Å². The Morgan fingerprint density at radius 3 is 2.67 bits per heavy atom. The van der Waals surface area contributed by atoms with Crippen molar-refractivity contribution in [3.63, 3.8) is 0 Å². The number of hydrogen-bond donors (Lipinski definition) is 0. The predicted octanol–water partition coefficient (Wildman–Crippen LogP) is 2.33. The van der Waals surface area contributed by atoms with Crippen molar-refractivity contribution in [3.05, 3.63) is 16.5 Å². The van der Waals surface area contributed by atoms with Gasteiger partial charge in [-0.05, 0) is 36.8 Å². The minimum absolute atomic E-state index is 0.183. The van der Waals surface area contributed by atoms with Gasteiger partial charge in [-0.25, -0.2) is 9.97 Å². The number of piperazine rings is 1. The topological polar surface area (TPSA) is 32.3 Å². The molecular weight excluding hydrogens is 292 g/mol. The average Bonchev–Trinajstić information content (AvgIpc) is 2.31. The molecule has 2 heterocycles. The van der Waals surface area contributed by atoms with Gasteiger partial charge in [0.2, 0.25) is 0 Å². The Bertz CT molecular complexity index is 433. The number of aryl methyl sites for hydroxylation is 1. The lowest BCUT2D eigenvalue weighted by atomic mass is 10.00. The van der Waals surface area contributed by atoms with Gasteiger partial charge >= 0.3 is 0 Å². The molecule has 1 aromatic heterocycles. The van der Waals surface area contributed by atoms with Crippen LogP contribution in [0.15, 0.2) is 10.7 Å². The van der Waals surface area contributed by atoms with Gasteiger partial charge in [-0.3, -0.25) is 4.90 Å². The molecule has 18 heavy (non-hydrogen) atoms. The molecule has 1 aliphatic heterocycles. The van der Waals surface area contributed by atoms with Crippen molar-refractivity contribution in [3.8, 4) is 0 Å². The highest BCUT2D eigenvalue weighted by Crippen LogP contribution is 2.24. The number of halogens is 1. The zero-order valence-corrected chi connectivity index (χ0v) is 13.2. The van der Waals surface area contributed by atoms with Crippen molar-refractivity contribution in [2.45, 2.75) is 32.7 Å². The molecule has 1 fully saturated rings. The van der Waals surface area contributed by atoms with Gasteiger partial charge in [0.1, 0.15) is 16.2 Å². The lowest BCUT2D eigenvalue weighted by Crippen LogP contribution is -2.57. The maximum absolute atomic E-state index is 4.63. The lowest BCUT2D eigenvalue weighted by Gasteiger charge is -2.45. The molecule has 0 atom stereocenters. The third kappa shape index (κ3) is 2.83. The second-order valence-electron chi connectivity index (χ2n) is 5.47. The van der Waals surface area contributed by atoms with Crippen LogP contribution >= 0.6 is 15.9 Å². The quantitative estimate of drug-likeness (QED) is 0.785. The number of anilines is 1. The number of hydrogen-bond acceptors (Lipinski definition) is 4. The Morgan fingerprint density at radius 2 is 2.06 bits per heavy atom. The van der Waals surface area contributed by atoms with Gasteiger partial charge in [0.25, 0.3) is 0 Å². The highest BCUT2D eigenvalue weighted by atomic mass is 79.9. The molecule has 1 saturated heterocycles. The third-order valence-electron chi connectivity index (χ3n) is 3.68. The lowest BCUT2D eigenvalue weighted by molar-refractivity contribution is 0.138. The Labute approximate surface area is 118 Å². The number of rotatable bonds is 2. The summed E-state index contributed by atoms with van der Waals surface area (Å²) >= 11 is 3.47. The Kier molecular flexibility index (Phi) is 3.92. The van der Waals surface area contributed by atoms with E-state index >= 15 is 0 Å². The summed E-state index contributed by atoms with van der Waals surface area (Å²) in [7, 11) is 2.19. The van der Waals surface area contributed by atoms with Crippen LogP contribution in [0.1, 0.15) is 26.6 Å². The van der Waals surface area contributed by atoms with Crippen molar-refractivity contribution in [1.29, 1.82) is 0 Å². The molecule has 0 amide bonds. The van der Waals surface area contributed by atoms with E-state index in [2.05, 4.69) is 63.5 Å². The van der Waals surface area contributed by atoms with Gasteiger partial charge in [0, 0.05) is 37.7 Å². The molecule has 0 spiro atoms. The summed E-state index contributed by atoms with van der Waals surface area (Å²) in [5.41, 5.74) is 0.183. The van der Waals surface area contributed by atoms with E-state index in [0.717, 1.165) is 42.3 Å². The van der Waals surface area contributed by atoms with Crippen molar-refractivity contribution >= 4 is 21.7 Å².